The molecule has 134 valence electrons. The second-order valence-corrected chi connectivity index (χ2v) is 6.17. The summed E-state index contributed by atoms with van der Waals surface area (Å²) in [6.45, 7) is 3.63. The molecular weight excluding hydrogens is 330 g/mol. The van der Waals surface area contributed by atoms with Crippen molar-refractivity contribution < 1.29 is 14.8 Å². The van der Waals surface area contributed by atoms with Crippen molar-refractivity contribution in [3.63, 3.8) is 0 Å². The van der Waals surface area contributed by atoms with E-state index in [-0.39, 0.29) is 5.91 Å². The molecule has 1 aliphatic rings. The van der Waals surface area contributed by atoms with E-state index in [1.165, 1.54) is 11.6 Å². The zero-order valence-electron chi connectivity index (χ0n) is 14.6. The highest BCUT2D eigenvalue weighted by atomic mass is 16.5. The number of carbonyl (C=O) groups is 2. The Bertz CT molecular complexity index is 830. The highest BCUT2D eigenvalue weighted by Crippen LogP contribution is 2.25. The number of anilines is 2. The van der Waals surface area contributed by atoms with Crippen LogP contribution >= 0.6 is 0 Å². The van der Waals surface area contributed by atoms with Gasteiger partial charge < -0.3 is 9.80 Å². The van der Waals surface area contributed by atoms with E-state index >= 15 is 0 Å². The van der Waals surface area contributed by atoms with Gasteiger partial charge in [0.25, 0.3) is 5.91 Å². The first-order valence-electron chi connectivity index (χ1n) is 8.41. The van der Waals surface area contributed by atoms with E-state index in [1.807, 2.05) is 55.5 Å². The summed E-state index contributed by atoms with van der Waals surface area (Å²) in [5, 5.41) is 8.61. The highest BCUT2D eigenvalue weighted by Gasteiger charge is 2.26. The van der Waals surface area contributed by atoms with Crippen LogP contribution in [0.1, 0.15) is 11.1 Å². The van der Waals surface area contributed by atoms with Gasteiger partial charge in [0.2, 0.25) is 5.91 Å². The van der Waals surface area contributed by atoms with Crippen LogP contribution in [0.25, 0.3) is 6.08 Å². The van der Waals surface area contributed by atoms with Crippen molar-refractivity contribution in [3.8, 4) is 0 Å². The first kappa shape index (κ1) is 17.7. The third-order valence-electron chi connectivity index (χ3n) is 4.37. The van der Waals surface area contributed by atoms with Crippen molar-refractivity contribution in [2.75, 3.05) is 29.4 Å². The number of benzene rings is 2. The van der Waals surface area contributed by atoms with Crippen molar-refractivity contribution in [1.29, 1.82) is 0 Å². The Morgan fingerprint density at radius 2 is 1.85 bits per heavy atom. The molecule has 2 amide bonds. The number of hydrogen-bond acceptors (Lipinski definition) is 4. The second-order valence-electron chi connectivity index (χ2n) is 6.17. The monoisotopic (exact) mass is 351 g/mol. The third kappa shape index (κ3) is 3.92. The van der Waals surface area contributed by atoms with Gasteiger partial charge in [0.15, 0.2) is 0 Å². The summed E-state index contributed by atoms with van der Waals surface area (Å²) in [4.78, 5) is 27.8. The van der Waals surface area contributed by atoms with Gasteiger partial charge in [-0.25, -0.2) is 5.48 Å². The summed E-state index contributed by atoms with van der Waals surface area (Å²) in [5.41, 5.74) is 5.28. The van der Waals surface area contributed by atoms with Crippen LogP contribution in [0.3, 0.4) is 0 Å². The van der Waals surface area contributed by atoms with Crippen LogP contribution < -0.4 is 15.3 Å². The highest BCUT2D eigenvalue weighted by molar-refractivity contribution is 6.00. The zero-order chi connectivity index (χ0) is 18.5. The maximum atomic E-state index is 12.7. The first-order chi connectivity index (χ1) is 12.6. The minimum absolute atomic E-state index is 0.00397. The quantitative estimate of drug-likeness (QED) is 0.504. The normalized spacial score (nSPS) is 14.8. The van der Waals surface area contributed by atoms with Gasteiger partial charge in [-0.3, -0.25) is 14.8 Å². The summed E-state index contributed by atoms with van der Waals surface area (Å²) in [6.07, 6.45) is 2.81. The van der Waals surface area contributed by atoms with Crippen LogP contribution in [-0.2, 0) is 9.59 Å². The van der Waals surface area contributed by atoms with E-state index in [2.05, 4.69) is 4.90 Å². The number of nitrogens with one attached hydrogen (secondary N) is 1. The predicted molar refractivity (Wildman–Crippen MR) is 101 cm³/mol. The van der Waals surface area contributed by atoms with Crippen molar-refractivity contribution in [2.45, 2.75) is 6.92 Å². The predicted octanol–water partition coefficient (Wildman–Crippen LogP) is 2.37. The van der Waals surface area contributed by atoms with Gasteiger partial charge in [-0.2, -0.15) is 0 Å². The summed E-state index contributed by atoms with van der Waals surface area (Å²) in [6, 6.07) is 15.5. The Hall–Kier alpha value is -3.12. The fourth-order valence-electron chi connectivity index (χ4n) is 2.98. The van der Waals surface area contributed by atoms with Gasteiger partial charge in [0.1, 0.15) is 0 Å². The molecule has 1 heterocycles. The third-order valence-corrected chi connectivity index (χ3v) is 4.37. The van der Waals surface area contributed by atoms with E-state index in [4.69, 9.17) is 5.21 Å². The minimum Gasteiger partial charge on any atom is -0.360 e. The number of piperazine rings is 1. The van der Waals surface area contributed by atoms with Crippen LogP contribution in [-0.4, -0.2) is 36.7 Å². The molecule has 3 rings (SSSR count). The molecule has 0 spiro atoms. The van der Waals surface area contributed by atoms with E-state index in [0.29, 0.717) is 13.1 Å². The standard InChI is InChI=1S/C20H21N3O3/c1-15-6-9-17(10-7-15)22-12-13-23(20(25)14-22)18-5-3-2-4-16(18)8-11-19(24)21-26/h2-11,26H,12-14H2,1H3,(H,21,24). The van der Waals surface area contributed by atoms with Gasteiger partial charge in [0.05, 0.1) is 12.2 Å². The summed E-state index contributed by atoms with van der Waals surface area (Å²) < 4.78 is 0. The van der Waals surface area contributed by atoms with Crippen LogP contribution in [0.2, 0.25) is 0 Å². The lowest BCUT2D eigenvalue weighted by molar-refractivity contribution is -0.124. The Kier molecular flexibility index (Phi) is 5.34. The SMILES string of the molecule is Cc1ccc(N2CCN(c3ccccc3C=CC(=O)NO)C(=O)C2)cc1. The number of para-hydroxylation sites is 1. The van der Waals surface area contributed by atoms with E-state index < -0.39 is 5.91 Å². The molecule has 0 unspecified atom stereocenters. The van der Waals surface area contributed by atoms with Crippen molar-refractivity contribution in [2.24, 2.45) is 0 Å². The summed E-state index contributed by atoms with van der Waals surface area (Å²) in [5.74, 6) is -0.611. The maximum Gasteiger partial charge on any atom is 0.267 e. The topological polar surface area (TPSA) is 72.9 Å². The molecule has 6 heteroatoms. The van der Waals surface area contributed by atoms with Crippen LogP contribution in [0.5, 0.6) is 0 Å². The minimum atomic E-state index is -0.615. The average molecular weight is 351 g/mol. The molecule has 0 radical (unpaired) electrons. The van der Waals surface area contributed by atoms with Crippen molar-refractivity contribution in [1.82, 2.24) is 5.48 Å². The Balaban J connectivity index is 1.78. The number of nitrogens with zero attached hydrogens (tertiary/aromatic N) is 2. The van der Waals surface area contributed by atoms with Gasteiger partial charge in [0, 0.05) is 24.9 Å². The van der Waals surface area contributed by atoms with E-state index in [1.54, 1.807) is 16.5 Å². The molecule has 2 aromatic rings. The second kappa shape index (κ2) is 7.84. The van der Waals surface area contributed by atoms with Crippen molar-refractivity contribution in [3.05, 3.63) is 65.7 Å². The Labute approximate surface area is 152 Å². The van der Waals surface area contributed by atoms with Crippen LogP contribution in [0.4, 0.5) is 11.4 Å². The lowest BCUT2D eigenvalue weighted by Gasteiger charge is -2.36. The molecule has 0 bridgehead atoms. The number of hydroxylamine groups is 1. The lowest BCUT2D eigenvalue weighted by atomic mass is 10.1. The average Bonchev–Trinajstić information content (AvgIpc) is 2.67. The van der Waals surface area contributed by atoms with Gasteiger partial charge >= 0.3 is 0 Å². The van der Waals surface area contributed by atoms with Gasteiger partial charge in [-0.1, -0.05) is 35.9 Å². The molecular formula is C20H21N3O3. The molecule has 0 saturated carbocycles. The van der Waals surface area contributed by atoms with Gasteiger partial charge in [-0.05, 0) is 36.8 Å². The molecule has 2 aromatic carbocycles. The zero-order valence-corrected chi connectivity index (χ0v) is 14.6. The summed E-state index contributed by atoms with van der Waals surface area (Å²) >= 11 is 0. The molecule has 0 aliphatic carbocycles. The molecule has 6 nitrogen and oxygen atoms in total. The van der Waals surface area contributed by atoms with Gasteiger partial charge in [-0.15, -0.1) is 0 Å². The number of rotatable bonds is 4. The first-order valence-corrected chi connectivity index (χ1v) is 8.41. The Morgan fingerprint density at radius 3 is 2.54 bits per heavy atom. The number of amides is 2. The fourth-order valence-corrected chi connectivity index (χ4v) is 2.98. The smallest absolute Gasteiger partial charge is 0.267 e. The molecule has 0 atom stereocenters. The largest absolute Gasteiger partial charge is 0.360 e. The summed E-state index contributed by atoms with van der Waals surface area (Å²) in [7, 11) is 0. The van der Waals surface area contributed by atoms with E-state index in [0.717, 1.165) is 23.5 Å². The number of aryl methyl sites for hydroxylation is 1. The molecule has 26 heavy (non-hydrogen) atoms. The molecule has 0 aromatic heterocycles. The number of carbonyl (C=O) groups excluding carboxylic acids is 2. The molecule has 1 saturated heterocycles. The Morgan fingerprint density at radius 1 is 1.12 bits per heavy atom. The van der Waals surface area contributed by atoms with Crippen LogP contribution in [0, 0.1) is 6.92 Å². The van der Waals surface area contributed by atoms with Crippen LogP contribution in [0.15, 0.2) is 54.6 Å². The van der Waals surface area contributed by atoms with Crippen molar-refractivity contribution >= 4 is 29.3 Å². The number of hydrogen-bond donors (Lipinski definition) is 2. The molecule has 1 aliphatic heterocycles. The fraction of sp³-hybridized carbons (Fsp3) is 0.200. The molecule has 1 fully saturated rings. The maximum absolute atomic E-state index is 12.7. The lowest BCUT2D eigenvalue weighted by Crippen LogP contribution is -2.50. The molecule has 2 N–H and O–H groups in total. The van der Waals surface area contributed by atoms with E-state index in [9.17, 15) is 9.59 Å².